The summed E-state index contributed by atoms with van der Waals surface area (Å²) in [5.41, 5.74) is 1.15. The molecule has 1 aliphatic heterocycles. The number of nitrogens with zero attached hydrogens (tertiary/aromatic N) is 1. The van der Waals surface area contributed by atoms with Crippen molar-refractivity contribution in [3.05, 3.63) is 59.9 Å². The zero-order valence-corrected chi connectivity index (χ0v) is 15.6. The van der Waals surface area contributed by atoms with E-state index in [0.29, 0.717) is 42.8 Å². The van der Waals surface area contributed by atoms with Gasteiger partial charge >= 0.3 is 0 Å². The molecule has 6 heteroatoms. The fourth-order valence-electron chi connectivity index (χ4n) is 3.66. The summed E-state index contributed by atoms with van der Waals surface area (Å²) in [5, 5.41) is 10.2. The van der Waals surface area contributed by atoms with E-state index in [1.807, 2.05) is 12.1 Å². The average molecular weight is 379 g/mol. The van der Waals surface area contributed by atoms with Crippen LogP contribution in [0.4, 0.5) is 0 Å². The first-order chi connectivity index (χ1) is 13.6. The number of likely N-dealkylation sites (tertiary alicyclic amines) is 1. The van der Waals surface area contributed by atoms with E-state index in [1.54, 1.807) is 36.3 Å². The summed E-state index contributed by atoms with van der Waals surface area (Å²) in [7, 11) is 1.56. The SMILES string of the molecule is COc1cccc2cc(C(=O)N3CCC(C(=O)c4ccc(O)cc4)CC3)oc12. The standard InChI is InChI=1S/C22H21NO5/c1-27-18-4-2-3-16-13-19(28-21(16)18)22(26)23-11-9-15(10-12-23)20(25)14-5-7-17(24)8-6-14/h2-8,13,15,24H,9-12H2,1H3. The van der Waals surface area contributed by atoms with Crippen molar-refractivity contribution in [3.63, 3.8) is 0 Å². The molecule has 0 radical (unpaired) electrons. The van der Waals surface area contributed by atoms with Gasteiger partial charge in [0.2, 0.25) is 0 Å². The smallest absolute Gasteiger partial charge is 0.289 e. The molecule has 4 rings (SSSR count). The van der Waals surface area contributed by atoms with E-state index in [9.17, 15) is 14.7 Å². The van der Waals surface area contributed by atoms with Crippen LogP contribution in [0.25, 0.3) is 11.0 Å². The van der Waals surface area contributed by atoms with Gasteiger partial charge in [0.1, 0.15) is 5.75 Å². The van der Waals surface area contributed by atoms with Gasteiger partial charge in [-0.05, 0) is 49.2 Å². The van der Waals surface area contributed by atoms with Gasteiger partial charge in [-0.1, -0.05) is 12.1 Å². The summed E-state index contributed by atoms with van der Waals surface area (Å²) < 4.78 is 11.0. The van der Waals surface area contributed by atoms with Crippen molar-refractivity contribution in [2.24, 2.45) is 5.92 Å². The number of aromatic hydroxyl groups is 1. The number of hydrogen-bond donors (Lipinski definition) is 1. The fourth-order valence-corrected chi connectivity index (χ4v) is 3.66. The molecule has 1 aliphatic rings. The van der Waals surface area contributed by atoms with Crippen LogP contribution in [0.15, 0.2) is 52.9 Å². The number of piperidine rings is 1. The lowest BCUT2D eigenvalue weighted by Crippen LogP contribution is -2.40. The number of carbonyl (C=O) groups is 2. The minimum atomic E-state index is -0.172. The number of methoxy groups -OCH3 is 1. The van der Waals surface area contributed by atoms with Crippen molar-refractivity contribution in [1.82, 2.24) is 4.90 Å². The highest BCUT2D eigenvalue weighted by molar-refractivity contribution is 5.99. The van der Waals surface area contributed by atoms with Crippen molar-refractivity contribution in [2.75, 3.05) is 20.2 Å². The number of fused-ring (bicyclic) bond motifs is 1. The van der Waals surface area contributed by atoms with Crippen LogP contribution in [0.3, 0.4) is 0 Å². The van der Waals surface area contributed by atoms with Crippen LogP contribution in [-0.4, -0.2) is 41.9 Å². The molecular weight excluding hydrogens is 358 g/mol. The van der Waals surface area contributed by atoms with Gasteiger partial charge in [0, 0.05) is 30.0 Å². The lowest BCUT2D eigenvalue weighted by Gasteiger charge is -2.30. The quantitative estimate of drug-likeness (QED) is 0.696. The Balaban J connectivity index is 1.44. The summed E-state index contributed by atoms with van der Waals surface area (Å²) in [6.07, 6.45) is 1.21. The number of benzene rings is 2. The second-order valence-corrected chi connectivity index (χ2v) is 6.97. The van der Waals surface area contributed by atoms with E-state index in [4.69, 9.17) is 9.15 Å². The second kappa shape index (κ2) is 7.38. The first-order valence-corrected chi connectivity index (χ1v) is 9.26. The minimum Gasteiger partial charge on any atom is -0.508 e. The molecule has 6 nitrogen and oxygen atoms in total. The van der Waals surface area contributed by atoms with Crippen LogP contribution in [0.1, 0.15) is 33.8 Å². The van der Waals surface area contributed by atoms with Crippen LogP contribution < -0.4 is 4.74 Å². The summed E-state index contributed by atoms with van der Waals surface area (Å²) in [6, 6.07) is 13.6. The van der Waals surface area contributed by atoms with Crippen molar-refractivity contribution >= 4 is 22.7 Å². The maximum atomic E-state index is 12.8. The number of carbonyl (C=O) groups excluding carboxylic acids is 2. The van der Waals surface area contributed by atoms with Crippen molar-refractivity contribution < 1.29 is 23.8 Å². The molecule has 0 bridgehead atoms. The Bertz CT molecular complexity index is 1010. The molecule has 1 saturated heterocycles. The van der Waals surface area contributed by atoms with Crippen molar-refractivity contribution in [3.8, 4) is 11.5 Å². The van der Waals surface area contributed by atoms with Gasteiger partial charge in [0.05, 0.1) is 7.11 Å². The number of amides is 1. The zero-order valence-electron chi connectivity index (χ0n) is 15.6. The van der Waals surface area contributed by atoms with Gasteiger partial charge in [-0.15, -0.1) is 0 Å². The van der Waals surface area contributed by atoms with Crippen molar-refractivity contribution in [1.29, 1.82) is 0 Å². The number of furan rings is 1. The Morgan fingerprint density at radius 2 is 1.82 bits per heavy atom. The Morgan fingerprint density at radius 1 is 1.11 bits per heavy atom. The lowest BCUT2D eigenvalue weighted by molar-refractivity contribution is 0.0626. The number of ether oxygens (including phenoxy) is 1. The van der Waals surface area contributed by atoms with Crippen molar-refractivity contribution in [2.45, 2.75) is 12.8 Å². The molecule has 0 unspecified atom stereocenters. The first kappa shape index (κ1) is 18.1. The molecule has 2 aromatic carbocycles. The molecule has 0 spiro atoms. The maximum Gasteiger partial charge on any atom is 0.289 e. The highest BCUT2D eigenvalue weighted by Crippen LogP contribution is 2.30. The van der Waals surface area contributed by atoms with Gasteiger partial charge in [0.15, 0.2) is 22.9 Å². The number of Topliss-reactive ketones (excluding diaryl/α,β-unsaturated/α-hetero) is 1. The zero-order chi connectivity index (χ0) is 19.7. The summed E-state index contributed by atoms with van der Waals surface area (Å²) in [4.78, 5) is 27.2. The third-order valence-corrected chi connectivity index (χ3v) is 5.24. The molecule has 1 fully saturated rings. The monoisotopic (exact) mass is 379 g/mol. The van der Waals surface area contributed by atoms with Crippen LogP contribution in [0, 0.1) is 5.92 Å². The average Bonchev–Trinajstić information content (AvgIpc) is 3.18. The van der Waals surface area contributed by atoms with E-state index >= 15 is 0 Å². The molecule has 0 atom stereocenters. The Kier molecular flexibility index (Phi) is 4.77. The largest absolute Gasteiger partial charge is 0.508 e. The van der Waals surface area contributed by atoms with Gasteiger partial charge in [-0.25, -0.2) is 0 Å². The molecule has 1 amide bonds. The van der Waals surface area contributed by atoms with Gasteiger partial charge in [-0.2, -0.15) is 0 Å². The van der Waals surface area contributed by atoms with Gasteiger partial charge in [-0.3, -0.25) is 9.59 Å². The molecule has 3 aromatic rings. The van der Waals surface area contributed by atoms with E-state index in [2.05, 4.69) is 0 Å². The van der Waals surface area contributed by atoms with E-state index in [1.165, 1.54) is 12.1 Å². The van der Waals surface area contributed by atoms with E-state index in [0.717, 1.165) is 5.39 Å². The number of ketones is 1. The predicted molar refractivity (Wildman–Crippen MR) is 104 cm³/mol. The fraction of sp³-hybridized carbons (Fsp3) is 0.273. The molecule has 1 N–H and O–H groups in total. The van der Waals surface area contributed by atoms with E-state index in [-0.39, 0.29) is 29.1 Å². The van der Waals surface area contributed by atoms with E-state index < -0.39 is 0 Å². The van der Waals surface area contributed by atoms with Crippen LogP contribution >= 0.6 is 0 Å². The van der Waals surface area contributed by atoms with Gasteiger partial charge in [0.25, 0.3) is 5.91 Å². The number of rotatable bonds is 4. The number of para-hydroxylation sites is 1. The third-order valence-electron chi connectivity index (χ3n) is 5.24. The normalized spacial score (nSPS) is 15.0. The first-order valence-electron chi connectivity index (χ1n) is 9.26. The number of phenolic OH excluding ortho intramolecular Hbond substituents is 1. The Morgan fingerprint density at radius 3 is 2.50 bits per heavy atom. The molecule has 144 valence electrons. The maximum absolute atomic E-state index is 12.8. The Labute approximate surface area is 162 Å². The molecule has 0 saturated carbocycles. The summed E-state index contributed by atoms with van der Waals surface area (Å²) in [5.74, 6) is 0.774. The topological polar surface area (TPSA) is 80.0 Å². The predicted octanol–water partition coefficient (Wildman–Crippen LogP) is 3.88. The number of hydrogen-bond acceptors (Lipinski definition) is 5. The highest BCUT2D eigenvalue weighted by Gasteiger charge is 2.29. The van der Waals surface area contributed by atoms with Crippen LogP contribution in [0.2, 0.25) is 0 Å². The molecule has 2 heterocycles. The number of phenols is 1. The Hall–Kier alpha value is -3.28. The third kappa shape index (κ3) is 3.33. The molecule has 28 heavy (non-hydrogen) atoms. The summed E-state index contributed by atoms with van der Waals surface area (Å²) in [6.45, 7) is 1.00. The summed E-state index contributed by atoms with van der Waals surface area (Å²) >= 11 is 0. The van der Waals surface area contributed by atoms with Gasteiger partial charge < -0.3 is 19.2 Å². The molecular formula is C22H21NO5. The molecule has 0 aliphatic carbocycles. The lowest BCUT2D eigenvalue weighted by atomic mass is 9.89. The van der Waals surface area contributed by atoms with Crippen LogP contribution in [0.5, 0.6) is 11.5 Å². The molecule has 1 aromatic heterocycles. The minimum absolute atomic E-state index is 0.0561. The van der Waals surface area contributed by atoms with Crippen LogP contribution in [-0.2, 0) is 0 Å². The highest BCUT2D eigenvalue weighted by atomic mass is 16.5. The second-order valence-electron chi connectivity index (χ2n) is 6.97.